The first-order valence-electron chi connectivity index (χ1n) is 5.85. The number of halogens is 2. The van der Waals surface area contributed by atoms with Crippen LogP contribution in [0.25, 0.3) is 0 Å². The number of nitrogens with one attached hydrogen (secondary N) is 1. The van der Waals surface area contributed by atoms with Crippen molar-refractivity contribution >= 4 is 23.4 Å². The topological polar surface area (TPSA) is 49.4 Å². The largest absolute Gasteiger partial charge is 0.295 e. The van der Waals surface area contributed by atoms with Crippen molar-refractivity contribution in [3.8, 4) is 0 Å². The van der Waals surface area contributed by atoms with E-state index in [4.69, 9.17) is 11.6 Å². The number of amides is 2. The molecule has 102 valence electrons. The second-order valence-electron chi connectivity index (χ2n) is 5.00. The number of hydrogen-bond donors (Lipinski definition) is 1. The summed E-state index contributed by atoms with van der Waals surface area (Å²) in [4.78, 5) is 25.0. The number of piperazine rings is 1. The molecule has 1 N–H and O–H groups in total. The molecule has 19 heavy (non-hydrogen) atoms. The number of carbonyl (C=O) groups excluding carboxylic acids is 2. The minimum absolute atomic E-state index is 0.0565. The van der Waals surface area contributed by atoms with Gasteiger partial charge in [0.1, 0.15) is 5.82 Å². The monoisotopic (exact) mass is 284 g/mol. The summed E-state index contributed by atoms with van der Waals surface area (Å²) in [5.74, 6) is -1.23. The second-order valence-corrected chi connectivity index (χ2v) is 5.44. The molecular weight excluding hydrogens is 271 g/mol. The van der Waals surface area contributed by atoms with Crippen molar-refractivity contribution in [2.45, 2.75) is 25.9 Å². The molecule has 1 aliphatic rings. The summed E-state index contributed by atoms with van der Waals surface area (Å²) in [7, 11) is 0. The molecule has 0 aromatic heterocycles. The molecule has 1 saturated heterocycles. The van der Waals surface area contributed by atoms with E-state index < -0.39 is 11.4 Å². The molecule has 1 heterocycles. The van der Waals surface area contributed by atoms with Crippen LogP contribution >= 0.6 is 11.6 Å². The van der Waals surface area contributed by atoms with Crippen molar-refractivity contribution in [1.29, 1.82) is 0 Å². The summed E-state index contributed by atoms with van der Waals surface area (Å²) >= 11 is 5.80. The van der Waals surface area contributed by atoms with Gasteiger partial charge in [-0.15, -0.1) is 0 Å². The summed E-state index contributed by atoms with van der Waals surface area (Å²) in [6.07, 6.45) is 0. The highest BCUT2D eigenvalue weighted by atomic mass is 35.5. The van der Waals surface area contributed by atoms with Crippen molar-refractivity contribution in [1.82, 2.24) is 10.2 Å². The summed E-state index contributed by atoms with van der Waals surface area (Å²) in [5.41, 5.74) is -0.602. The van der Waals surface area contributed by atoms with Crippen LogP contribution < -0.4 is 5.32 Å². The van der Waals surface area contributed by atoms with E-state index in [1.54, 1.807) is 13.8 Å². The van der Waals surface area contributed by atoms with Gasteiger partial charge in [0, 0.05) is 10.6 Å². The molecule has 2 amide bonds. The first-order chi connectivity index (χ1) is 8.81. The van der Waals surface area contributed by atoms with Gasteiger partial charge in [0.2, 0.25) is 11.8 Å². The van der Waals surface area contributed by atoms with Gasteiger partial charge in [-0.05, 0) is 32.0 Å². The van der Waals surface area contributed by atoms with Crippen LogP contribution in [0.4, 0.5) is 4.39 Å². The van der Waals surface area contributed by atoms with Gasteiger partial charge in [-0.1, -0.05) is 11.6 Å². The zero-order valence-electron chi connectivity index (χ0n) is 10.7. The number of carbonyl (C=O) groups is 2. The maximum Gasteiger partial charge on any atom is 0.249 e. The van der Waals surface area contributed by atoms with E-state index in [1.807, 2.05) is 0 Å². The average Bonchev–Trinajstić information content (AvgIpc) is 2.34. The molecule has 0 aliphatic carbocycles. The molecule has 0 saturated carbocycles. The molecule has 1 fully saturated rings. The normalized spacial score (nSPS) is 18.8. The number of rotatable bonds is 2. The number of imide groups is 1. The van der Waals surface area contributed by atoms with Crippen LogP contribution in [0.15, 0.2) is 18.2 Å². The van der Waals surface area contributed by atoms with E-state index in [0.717, 1.165) is 4.90 Å². The third-order valence-corrected chi connectivity index (χ3v) is 3.33. The Kier molecular flexibility index (Phi) is 3.60. The van der Waals surface area contributed by atoms with Crippen LogP contribution in [-0.4, -0.2) is 28.8 Å². The van der Waals surface area contributed by atoms with Gasteiger partial charge in [-0.25, -0.2) is 4.39 Å². The van der Waals surface area contributed by atoms with Crippen molar-refractivity contribution in [3.05, 3.63) is 34.6 Å². The van der Waals surface area contributed by atoms with E-state index in [0.29, 0.717) is 5.02 Å². The fourth-order valence-corrected chi connectivity index (χ4v) is 2.11. The van der Waals surface area contributed by atoms with Gasteiger partial charge >= 0.3 is 0 Å². The van der Waals surface area contributed by atoms with Gasteiger partial charge in [-0.2, -0.15) is 0 Å². The smallest absolute Gasteiger partial charge is 0.249 e. The summed E-state index contributed by atoms with van der Waals surface area (Å²) < 4.78 is 13.6. The van der Waals surface area contributed by atoms with Crippen LogP contribution in [-0.2, 0) is 16.1 Å². The van der Waals surface area contributed by atoms with Gasteiger partial charge in [-0.3, -0.25) is 19.8 Å². The van der Waals surface area contributed by atoms with Crippen molar-refractivity contribution in [2.24, 2.45) is 0 Å². The minimum Gasteiger partial charge on any atom is -0.295 e. The Hall–Kier alpha value is -1.46. The molecule has 4 nitrogen and oxygen atoms in total. The summed E-state index contributed by atoms with van der Waals surface area (Å²) in [6.45, 7) is 3.32. The predicted octanol–water partition coefficient (Wildman–Crippen LogP) is 1.72. The molecule has 1 aliphatic heterocycles. The predicted molar refractivity (Wildman–Crippen MR) is 69.0 cm³/mol. The maximum absolute atomic E-state index is 13.6. The highest BCUT2D eigenvalue weighted by Gasteiger charge is 2.39. The van der Waals surface area contributed by atoms with Crippen LogP contribution in [0.5, 0.6) is 0 Å². The lowest BCUT2D eigenvalue weighted by Gasteiger charge is -2.36. The van der Waals surface area contributed by atoms with E-state index in [-0.39, 0.29) is 30.5 Å². The van der Waals surface area contributed by atoms with Crippen LogP contribution in [0.1, 0.15) is 19.4 Å². The SMILES string of the molecule is CC1(C)NCC(=O)N(Cc2cc(Cl)ccc2F)C1=O. The first kappa shape index (κ1) is 14.0. The van der Waals surface area contributed by atoms with Crippen LogP contribution in [0, 0.1) is 5.82 Å². The number of benzene rings is 1. The van der Waals surface area contributed by atoms with Crippen molar-refractivity contribution < 1.29 is 14.0 Å². The molecule has 0 bridgehead atoms. The maximum atomic E-state index is 13.6. The fraction of sp³-hybridized carbons (Fsp3) is 0.385. The van der Waals surface area contributed by atoms with Crippen molar-refractivity contribution in [2.75, 3.05) is 6.54 Å². The Balaban J connectivity index is 2.28. The minimum atomic E-state index is -0.830. The standard InChI is InChI=1S/C13H14ClFN2O2/c1-13(2)12(19)17(11(18)6-16-13)7-8-5-9(14)3-4-10(8)15/h3-5,16H,6-7H2,1-2H3. The quantitative estimate of drug-likeness (QED) is 0.841. The van der Waals surface area contributed by atoms with E-state index in [9.17, 15) is 14.0 Å². The second kappa shape index (κ2) is 4.90. The Morgan fingerprint density at radius 2 is 2.11 bits per heavy atom. The Labute approximate surface area is 115 Å². The van der Waals surface area contributed by atoms with Gasteiger partial charge in [0.25, 0.3) is 0 Å². The van der Waals surface area contributed by atoms with E-state index in [2.05, 4.69) is 5.32 Å². The lowest BCUT2D eigenvalue weighted by Crippen LogP contribution is -2.63. The molecule has 6 heteroatoms. The van der Waals surface area contributed by atoms with E-state index >= 15 is 0 Å². The third kappa shape index (κ3) is 2.77. The Bertz CT molecular complexity index is 545. The zero-order chi connectivity index (χ0) is 14.2. The molecule has 0 radical (unpaired) electrons. The zero-order valence-corrected chi connectivity index (χ0v) is 11.4. The van der Waals surface area contributed by atoms with E-state index in [1.165, 1.54) is 18.2 Å². The lowest BCUT2D eigenvalue weighted by molar-refractivity contribution is -0.153. The summed E-state index contributed by atoms with van der Waals surface area (Å²) in [6, 6.07) is 4.07. The summed E-state index contributed by atoms with van der Waals surface area (Å²) in [5, 5.41) is 3.21. The van der Waals surface area contributed by atoms with Crippen molar-refractivity contribution in [3.63, 3.8) is 0 Å². The van der Waals surface area contributed by atoms with Gasteiger partial charge in [0.05, 0.1) is 18.6 Å². The van der Waals surface area contributed by atoms with Crippen LogP contribution in [0.3, 0.4) is 0 Å². The first-order valence-corrected chi connectivity index (χ1v) is 6.23. The molecule has 0 spiro atoms. The van der Waals surface area contributed by atoms with Gasteiger partial charge in [0.15, 0.2) is 0 Å². The molecular formula is C13H14ClFN2O2. The molecule has 1 aromatic rings. The molecule has 1 aromatic carbocycles. The molecule has 2 rings (SSSR count). The highest BCUT2D eigenvalue weighted by Crippen LogP contribution is 2.20. The third-order valence-electron chi connectivity index (χ3n) is 3.10. The Morgan fingerprint density at radius 1 is 1.42 bits per heavy atom. The van der Waals surface area contributed by atoms with Crippen LogP contribution in [0.2, 0.25) is 5.02 Å². The Morgan fingerprint density at radius 3 is 2.79 bits per heavy atom. The number of hydrogen-bond acceptors (Lipinski definition) is 3. The highest BCUT2D eigenvalue weighted by molar-refractivity contribution is 6.30. The molecule has 0 atom stereocenters. The lowest BCUT2D eigenvalue weighted by atomic mass is 10.00. The fourth-order valence-electron chi connectivity index (χ4n) is 1.91. The average molecular weight is 285 g/mol. The van der Waals surface area contributed by atoms with Gasteiger partial charge < -0.3 is 0 Å². The molecule has 0 unspecified atom stereocenters. The number of nitrogens with zero attached hydrogens (tertiary/aromatic N) is 1.